The highest BCUT2D eigenvalue weighted by Crippen LogP contribution is 2.26. The number of hydrogen-bond donors (Lipinski definition) is 0. The Morgan fingerprint density at radius 1 is 1.28 bits per heavy atom. The molecule has 0 fully saturated rings. The monoisotopic (exact) mass is 261 g/mol. The zero-order chi connectivity index (χ0) is 13.1. The van der Waals surface area contributed by atoms with Crippen LogP contribution in [-0.4, -0.2) is 17.9 Å². The molecule has 4 heteroatoms. The van der Waals surface area contributed by atoms with Gasteiger partial charge in [-0.2, -0.15) is 0 Å². The molecular formula is C14H12ClNO2. The first-order chi connectivity index (χ1) is 8.63. The van der Waals surface area contributed by atoms with Gasteiger partial charge in [0.25, 0.3) is 0 Å². The van der Waals surface area contributed by atoms with Crippen molar-refractivity contribution in [2.45, 2.75) is 6.92 Å². The second kappa shape index (κ2) is 5.19. The Morgan fingerprint density at radius 3 is 2.72 bits per heavy atom. The number of rotatable bonds is 3. The van der Waals surface area contributed by atoms with Crippen LogP contribution < -0.4 is 4.74 Å². The highest BCUT2D eigenvalue weighted by Gasteiger charge is 2.16. The molecule has 0 saturated heterocycles. The molecule has 0 N–H and O–H groups in total. The van der Waals surface area contributed by atoms with Gasteiger partial charge in [-0.15, -0.1) is 0 Å². The van der Waals surface area contributed by atoms with Gasteiger partial charge in [0.05, 0.1) is 12.7 Å². The molecule has 2 rings (SSSR count). The molecule has 1 heterocycles. The zero-order valence-corrected chi connectivity index (χ0v) is 10.9. The SMILES string of the molecule is COc1cc(Cl)ccc1C(=O)c1cnccc1C. The average Bonchev–Trinajstić information content (AvgIpc) is 2.38. The minimum atomic E-state index is -0.117. The fraction of sp³-hybridized carbons (Fsp3) is 0.143. The van der Waals surface area contributed by atoms with Crippen molar-refractivity contribution in [3.05, 3.63) is 58.4 Å². The van der Waals surface area contributed by atoms with Gasteiger partial charge in [0.1, 0.15) is 5.75 Å². The summed E-state index contributed by atoms with van der Waals surface area (Å²) in [6.45, 7) is 1.87. The lowest BCUT2D eigenvalue weighted by molar-refractivity contribution is 0.103. The van der Waals surface area contributed by atoms with E-state index in [-0.39, 0.29) is 5.78 Å². The normalized spacial score (nSPS) is 10.2. The van der Waals surface area contributed by atoms with Crippen LogP contribution in [0.1, 0.15) is 21.5 Å². The molecule has 92 valence electrons. The van der Waals surface area contributed by atoms with E-state index in [4.69, 9.17) is 16.3 Å². The number of carbonyl (C=O) groups excluding carboxylic acids is 1. The summed E-state index contributed by atoms with van der Waals surface area (Å²) < 4.78 is 5.18. The zero-order valence-electron chi connectivity index (χ0n) is 10.1. The van der Waals surface area contributed by atoms with Crippen LogP contribution in [0.2, 0.25) is 5.02 Å². The molecule has 0 aliphatic carbocycles. The number of aryl methyl sites for hydroxylation is 1. The van der Waals surface area contributed by atoms with Crippen LogP contribution >= 0.6 is 11.6 Å². The summed E-state index contributed by atoms with van der Waals surface area (Å²) in [6.07, 6.45) is 3.22. The van der Waals surface area contributed by atoms with E-state index in [2.05, 4.69) is 4.98 Å². The number of nitrogens with zero attached hydrogens (tertiary/aromatic N) is 1. The lowest BCUT2D eigenvalue weighted by atomic mass is 10.0. The van der Waals surface area contributed by atoms with E-state index in [0.717, 1.165) is 5.56 Å². The third-order valence-electron chi connectivity index (χ3n) is 2.69. The van der Waals surface area contributed by atoms with Crippen molar-refractivity contribution in [2.24, 2.45) is 0 Å². The molecule has 0 radical (unpaired) electrons. The maximum absolute atomic E-state index is 12.4. The summed E-state index contributed by atoms with van der Waals surface area (Å²) in [5.74, 6) is 0.352. The lowest BCUT2D eigenvalue weighted by Gasteiger charge is -2.09. The quantitative estimate of drug-likeness (QED) is 0.796. The Hall–Kier alpha value is -1.87. The van der Waals surface area contributed by atoms with Gasteiger partial charge in [0.2, 0.25) is 0 Å². The van der Waals surface area contributed by atoms with Crippen LogP contribution in [0.3, 0.4) is 0 Å². The van der Waals surface area contributed by atoms with Crippen LogP contribution in [0.4, 0.5) is 0 Å². The lowest BCUT2D eigenvalue weighted by Crippen LogP contribution is -2.06. The van der Waals surface area contributed by atoms with E-state index in [0.29, 0.717) is 21.9 Å². The van der Waals surface area contributed by atoms with Gasteiger partial charge in [0, 0.05) is 23.0 Å². The number of carbonyl (C=O) groups is 1. The number of aromatic nitrogens is 1. The first kappa shape index (κ1) is 12.6. The molecule has 0 spiro atoms. The maximum Gasteiger partial charge on any atom is 0.198 e. The molecule has 0 aliphatic rings. The van der Waals surface area contributed by atoms with E-state index in [1.807, 2.05) is 6.92 Å². The predicted octanol–water partition coefficient (Wildman–Crippen LogP) is 3.28. The highest BCUT2D eigenvalue weighted by molar-refractivity contribution is 6.31. The van der Waals surface area contributed by atoms with E-state index in [1.54, 1.807) is 36.7 Å². The van der Waals surface area contributed by atoms with Crippen LogP contribution in [0, 0.1) is 6.92 Å². The topological polar surface area (TPSA) is 39.2 Å². The smallest absolute Gasteiger partial charge is 0.198 e. The number of hydrogen-bond acceptors (Lipinski definition) is 3. The Kier molecular flexibility index (Phi) is 3.63. The summed E-state index contributed by atoms with van der Waals surface area (Å²) in [4.78, 5) is 16.4. The molecule has 0 bridgehead atoms. The minimum absolute atomic E-state index is 0.117. The second-order valence-electron chi connectivity index (χ2n) is 3.86. The van der Waals surface area contributed by atoms with E-state index < -0.39 is 0 Å². The van der Waals surface area contributed by atoms with Crippen molar-refractivity contribution in [1.29, 1.82) is 0 Å². The maximum atomic E-state index is 12.4. The van der Waals surface area contributed by atoms with Crippen molar-refractivity contribution < 1.29 is 9.53 Å². The number of benzene rings is 1. The fourth-order valence-electron chi connectivity index (χ4n) is 1.70. The van der Waals surface area contributed by atoms with E-state index in [9.17, 15) is 4.79 Å². The Bertz CT molecular complexity index is 596. The molecule has 2 aromatic rings. The van der Waals surface area contributed by atoms with Gasteiger partial charge in [-0.1, -0.05) is 11.6 Å². The molecule has 0 unspecified atom stereocenters. The van der Waals surface area contributed by atoms with E-state index >= 15 is 0 Å². The first-order valence-electron chi connectivity index (χ1n) is 5.42. The Morgan fingerprint density at radius 2 is 2.06 bits per heavy atom. The second-order valence-corrected chi connectivity index (χ2v) is 4.30. The van der Waals surface area contributed by atoms with Crippen LogP contribution in [0.25, 0.3) is 0 Å². The average molecular weight is 262 g/mol. The predicted molar refractivity (Wildman–Crippen MR) is 70.4 cm³/mol. The molecular weight excluding hydrogens is 250 g/mol. The summed E-state index contributed by atoms with van der Waals surface area (Å²) in [6, 6.07) is 6.76. The number of ketones is 1. The summed E-state index contributed by atoms with van der Waals surface area (Å²) in [5, 5.41) is 0.534. The van der Waals surface area contributed by atoms with Crippen LogP contribution in [0.15, 0.2) is 36.7 Å². The third kappa shape index (κ3) is 2.36. The summed E-state index contributed by atoms with van der Waals surface area (Å²) in [7, 11) is 1.51. The van der Waals surface area contributed by atoms with Gasteiger partial charge in [-0.3, -0.25) is 9.78 Å². The standard InChI is InChI=1S/C14H12ClNO2/c1-9-5-6-16-8-12(9)14(17)11-4-3-10(15)7-13(11)18-2/h3-8H,1-2H3. The molecule has 3 nitrogen and oxygen atoms in total. The number of pyridine rings is 1. The van der Waals surface area contributed by atoms with Crippen molar-refractivity contribution >= 4 is 17.4 Å². The van der Waals surface area contributed by atoms with Crippen molar-refractivity contribution in [3.8, 4) is 5.75 Å². The van der Waals surface area contributed by atoms with Crippen LogP contribution in [-0.2, 0) is 0 Å². The molecule has 0 aliphatic heterocycles. The molecule has 1 aromatic heterocycles. The number of ether oxygens (including phenoxy) is 1. The van der Waals surface area contributed by atoms with Gasteiger partial charge >= 0.3 is 0 Å². The highest BCUT2D eigenvalue weighted by atomic mass is 35.5. The summed E-state index contributed by atoms with van der Waals surface area (Å²) in [5.41, 5.74) is 1.93. The Balaban J connectivity index is 2.50. The fourth-order valence-corrected chi connectivity index (χ4v) is 1.86. The minimum Gasteiger partial charge on any atom is -0.496 e. The van der Waals surface area contributed by atoms with E-state index in [1.165, 1.54) is 7.11 Å². The van der Waals surface area contributed by atoms with Gasteiger partial charge in [-0.05, 0) is 36.8 Å². The summed E-state index contributed by atoms with van der Waals surface area (Å²) >= 11 is 5.87. The van der Waals surface area contributed by atoms with Gasteiger partial charge < -0.3 is 4.74 Å². The van der Waals surface area contributed by atoms with Crippen molar-refractivity contribution in [3.63, 3.8) is 0 Å². The molecule has 1 aromatic carbocycles. The largest absolute Gasteiger partial charge is 0.496 e. The van der Waals surface area contributed by atoms with Gasteiger partial charge in [-0.25, -0.2) is 0 Å². The Labute approximate surface area is 110 Å². The molecule has 0 atom stereocenters. The molecule has 0 amide bonds. The first-order valence-corrected chi connectivity index (χ1v) is 5.80. The number of methoxy groups -OCH3 is 1. The number of halogens is 1. The molecule has 0 saturated carbocycles. The third-order valence-corrected chi connectivity index (χ3v) is 2.93. The molecule has 18 heavy (non-hydrogen) atoms. The van der Waals surface area contributed by atoms with Crippen molar-refractivity contribution in [2.75, 3.05) is 7.11 Å². The van der Waals surface area contributed by atoms with Crippen LogP contribution in [0.5, 0.6) is 5.75 Å². The van der Waals surface area contributed by atoms with Crippen molar-refractivity contribution in [1.82, 2.24) is 4.98 Å². The van der Waals surface area contributed by atoms with Gasteiger partial charge in [0.15, 0.2) is 5.78 Å².